The summed E-state index contributed by atoms with van der Waals surface area (Å²) in [6, 6.07) is 8.94. The minimum absolute atomic E-state index is 0.0782. The highest BCUT2D eigenvalue weighted by atomic mass is 16.3. The van der Waals surface area contributed by atoms with Gasteiger partial charge in [-0.1, -0.05) is 108 Å². The SMILES string of the molecule is CC(C)(C)CC/C=C\C(=C\O)CNC1C=CC(C(c2ccc(N=CC3C=CC=C(C(C)(C)C)C(O)=C3)cc2)C2C=CC(N)=CC2)CC1. The summed E-state index contributed by atoms with van der Waals surface area (Å²) in [5.74, 6) is 1.34. The summed E-state index contributed by atoms with van der Waals surface area (Å²) in [5, 5.41) is 24.1. The molecule has 1 aromatic rings. The first-order chi connectivity index (χ1) is 22.3. The van der Waals surface area contributed by atoms with E-state index in [-0.39, 0.29) is 17.4 Å². The Bertz CT molecular complexity index is 1470. The molecule has 47 heavy (non-hydrogen) atoms. The van der Waals surface area contributed by atoms with E-state index < -0.39 is 0 Å². The van der Waals surface area contributed by atoms with E-state index >= 15 is 0 Å². The maximum atomic E-state index is 10.7. The molecule has 0 spiro atoms. The van der Waals surface area contributed by atoms with E-state index in [1.807, 2.05) is 30.5 Å². The molecule has 3 aliphatic rings. The highest BCUT2D eigenvalue weighted by molar-refractivity contribution is 5.71. The van der Waals surface area contributed by atoms with E-state index in [4.69, 9.17) is 10.7 Å². The van der Waals surface area contributed by atoms with Gasteiger partial charge in [0.2, 0.25) is 0 Å². The van der Waals surface area contributed by atoms with Gasteiger partial charge < -0.3 is 21.3 Å². The van der Waals surface area contributed by atoms with Crippen LogP contribution in [0.1, 0.15) is 85.1 Å². The second kappa shape index (κ2) is 16.3. The summed E-state index contributed by atoms with van der Waals surface area (Å²) in [6.07, 6.45) is 31.6. The second-order valence-corrected chi connectivity index (χ2v) is 15.5. The van der Waals surface area contributed by atoms with E-state index in [2.05, 4.69) is 114 Å². The number of aliphatic imine (C=N–C) groups is 1. The number of nitrogens with one attached hydrogen (secondary N) is 1. The van der Waals surface area contributed by atoms with Gasteiger partial charge in [0.15, 0.2) is 0 Å². The number of aliphatic hydroxyl groups excluding tert-OH is 2. The molecule has 5 unspecified atom stereocenters. The van der Waals surface area contributed by atoms with Crippen molar-refractivity contribution in [2.24, 2.45) is 39.3 Å². The molecule has 0 radical (unpaired) electrons. The first kappa shape index (κ1) is 36.0. The monoisotopic (exact) mass is 635 g/mol. The van der Waals surface area contributed by atoms with Gasteiger partial charge in [-0.05, 0) is 102 Å². The number of hydrogen-bond donors (Lipinski definition) is 4. The van der Waals surface area contributed by atoms with Gasteiger partial charge in [-0.15, -0.1) is 0 Å². The molecule has 0 saturated carbocycles. The van der Waals surface area contributed by atoms with E-state index in [0.717, 1.165) is 54.6 Å². The van der Waals surface area contributed by atoms with E-state index in [9.17, 15) is 10.2 Å². The zero-order valence-corrected chi connectivity index (χ0v) is 29.4. The van der Waals surface area contributed by atoms with Crippen molar-refractivity contribution < 1.29 is 10.2 Å². The molecule has 252 valence electrons. The maximum Gasteiger partial charge on any atom is 0.116 e. The topological polar surface area (TPSA) is 90.9 Å². The molecule has 5 heteroatoms. The molecule has 0 saturated heterocycles. The first-order valence-corrected chi connectivity index (χ1v) is 17.3. The molecular weight excluding hydrogens is 578 g/mol. The van der Waals surface area contributed by atoms with Crippen LogP contribution in [0.2, 0.25) is 0 Å². The minimum atomic E-state index is -0.132. The Morgan fingerprint density at radius 3 is 2.40 bits per heavy atom. The Hall–Kier alpha value is -3.83. The lowest BCUT2D eigenvalue weighted by Gasteiger charge is -2.35. The van der Waals surface area contributed by atoms with Crippen LogP contribution in [0.25, 0.3) is 0 Å². The number of aliphatic hydroxyl groups is 2. The highest BCUT2D eigenvalue weighted by Crippen LogP contribution is 2.42. The van der Waals surface area contributed by atoms with Gasteiger partial charge in [-0.3, -0.25) is 4.99 Å². The first-order valence-electron chi connectivity index (χ1n) is 17.3. The summed E-state index contributed by atoms with van der Waals surface area (Å²) in [5.41, 5.74) is 11.2. The zero-order chi connectivity index (χ0) is 34.0. The Labute approximate surface area is 283 Å². The van der Waals surface area contributed by atoms with Crippen molar-refractivity contribution in [3.63, 3.8) is 0 Å². The van der Waals surface area contributed by atoms with Crippen LogP contribution in [0, 0.1) is 28.6 Å². The molecule has 5 nitrogen and oxygen atoms in total. The maximum absolute atomic E-state index is 10.7. The summed E-state index contributed by atoms with van der Waals surface area (Å²) in [6.45, 7) is 13.7. The van der Waals surface area contributed by atoms with Crippen LogP contribution in [0.15, 0.2) is 125 Å². The number of hydrogen-bond acceptors (Lipinski definition) is 5. The molecule has 5 atom stereocenters. The fourth-order valence-corrected chi connectivity index (χ4v) is 6.56. The van der Waals surface area contributed by atoms with Gasteiger partial charge >= 0.3 is 0 Å². The van der Waals surface area contributed by atoms with Crippen LogP contribution in [-0.2, 0) is 0 Å². The molecule has 1 aromatic carbocycles. The molecule has 5 N–H and O–H groups in total. The molecule has 0 fully saturated rings. The molecule has 0 bridgehead atoms. The normalized spacial score (nSPS) is 24.7. The molecular formula is C42H57N3O2. The van der Waals surface area contributed by atoms with Crippen molar-refractivity contribution in [2.75, 3.05) is 6.54 Å². The quantitative estimate of drug-likeness (QED) is 0.0843. The lowest BCUT2D eigenvalue weighted by molar-refractivity contribution is 0.351. The Morgan fingerprint density at radius 1 is 1.02 bits per heavy atom. The van der Waals surface area contributed by atoms with Crippen LogP contribution in [0.4, 0.5) is 5.69 Å². The number of nitrogens with two attached hydrogens (primary N) is 1. The molecule has 4 rings (SSSR count). The van der Waals surface area contributed by atoms with Gasteiger partial charge in [0.05, 0.1) is 11.9 Å². The standard InChI is InChI=1S/C42H57N3O2/c1-41(2,3)25-8-7-10-31(29-46)28-45-37-23-17-34(18-24-37)40(32-13-19-35(43)20-14-32)33-15-21-36(22-16-33)44-27-30-11-9-12-38(39(47)26-30)42(4,5)6/h7,9-13,15-17,19-23,26-27,29-30,32,34,37,40,45-47H,8,14,18,24-25,28,43H2,1-6H3/b10-7-,31-29-,44-27?. The van der Waals surface area contributed by atoms with Crippen molar-refractivity contribution in [3.8, 4) is 0 Å². The molecule has 3 aliphatic carbocycles. The van der Waals surface area contributed by atoms with Crippen LogP contribution in [0.5, 0.6) is 0 Å². The van der Waals surface area contributed by atoms with Gasteiger partial charge in [0.1, 0.15) is 5.76 Å². The molecule has 0 heterocycles. The van der Waals surface area contributed by atoms with E-state index in [0.29, 0.717) is 35.5 Å². The third-order valence-electron chi connectivity index (χ3n) is 9.32. The Balaban J connectivity index is 1.42. The second-order valence-electron chi connectivity index (χ2n) is 15.5. The lowest BCUT2D eigenvalue weighted by atomic mass is 9.71. The average Bonchev–Trinajstić information content (AvgIpc) is 3.22. The zero-order valence-electron chi connectivity index (χ0n) is 29.4. The Morgan fingerprint density at radius 2 is 1.79 bits per heavy atom. The fraction of sp³-hybridized carbons (Fsp3) is 0.452. The Kier molecular flexibility index (Phi) is 12.5. The van der Waals surface area contributed by atoms with Crippen LogP contribution >= 0.6 is 0 Å². The largest absolute Gasteiger partial charge is 0.515 e. The summed E-state index contributed by atoms with van der Waals surface area (Å²) in [7, 11) is 0. The molecule has 0 aliphatic heterocycles. The van der Waals surface area contributed by atoms with Gasteiger partial charge in [0.25, 0.3) is 0 Å². The molecule has 0 aromatic heterocycles. The van der Waals surface area contributed by atoms with Gasteiger partial charge in [-0.25, -0.2) is 0 Å². The third-order valence-corrected chi connectivity index (χ3v) is 9.32. The van der Waals surface area contributed by atoms with Crippen molar-refractivity contribution in [3.05, 3.63) is 126 Å². The van der Waals surface area contributed by atoms with Crippen molar-refractivity contribution in [1.29, 1.82) is 0 Å². The predicted molar refractivity (Wildman–Crippen MR) is 200 cm³/mol. The number of allylic oxidation sites excluding steroid dienone is 10. The smallest absolute Gasteiger partial charge is 0.116 e. The van der Waals surface area contributed by atoms with Gasteiger partial charge in [0, 0.05) is 30.4 Å². The van der Waals surface area contributed by atoms with Crippen LogP contribution < -0.4 is 11.1 Å². The minimum Gasteiger partial charge on any atom is -0.515 e. The number of nitrogens with zero attached hydrogens (tertiary/aromatic N) is 1. The number of rotatable bonds is 11. The average molecular weight is 636 g/mol. The van der Waals surface area contributed by atoms with Crippen LogP contribution in [0.3, 0.4) is 0 Å². The van der Waals surface area contributed by atoms with Crippen molar-refractivity contribution in [2.45, 2.75) is 85.6 Å². The van der Waals surface area contributed by atoms with Gasteiger partial charge in [-0.2, -0.15) is 0 Å². The number of benzene rings is 1. The fourth-order valence-electron chi connectivity index (χ4n) is 6.56. The molecule has 0 amide bonds. The summed E-state index contributed by atoms with van der Waals surface area (Å²) in [4.78, 5) is 4.77. The van der Waals surface area contributed by atoms with Crippen molar-refractivity contribution >= 4 is 11.9 Å². The van der Waals surface area contributed by atoms with E-state index in [1.54, 1.807) is 0 Å². The summed E-state index contributed by atoms with van der Waals surface area (Å²) < 4.78 is 0. The predicted octanol–water partition coefficient (Wildman–Crippen LogP) is 10.2. The van der Waals surface area contributed by atoms with Crippen LogP contribution in [-0.4, -0.2) is 29.0 Å². The third kappa shape index (κ3) is 11.1. The van der Waals surface area contributed by atoms with Crippen molar-refractivity contribution in [1.82, 2.24) is 5.32 Å². The summed E-state index contributed by atoms with van der Waals surface area (Å²) >= 11 is 0. The van der Waals surface area contributed by atoms with E-state index in [1.165, 1.54) is 11.8 Å². The highest BCUT2D eigenvalue weighted by Gasteiger charge is 2.31. The lowest BCUT2D eigenvalue weighted by Crippen LogP contribution is -2.33.